The molecule has 0 atom stereocenters. The van der Waals surface area contributed by atoms with Crippen LogP contribution < -0.4 is 20.1 Å². The van der Waals surface area contributed by atoms with Crippen molar-refractivity contribution in [3.8, 4) is 11.5 Å². The number of amides is 1. The molecule has 1 saturated heterocycles. The number of benzene rings is 2. The SMILES string of the molecule is COc1cc2c(Nc3cc(C(=O)Nc4ccc(F)cc4)n(C)c3)ncnc2cc1OCCCN1CCOCC1. The van der Waals surface area contributed by atoms with Gasteiger partial charge in [-0.15, -0.1) is 0 Å². The maximum atomic E-state index is 13.2. The Labute approximate surface area is 225 Å². The summed E-state index contributed by atoms with van der Waals surface area (Å²) in [6.45, 7) is 4.98. The first-order chi connectivity index (χ1) is 19.0. The standard InChI is InChI=1S/C28H31FN6O4/c1-34-17-21(14-24(34)28(36)33-20-6-4-19(29)5-7-20)32-27-22-15-25(37-2)26(16-23(22)30-18-31-27)39-11-3-8-35-9-12-38-13-10-35/h4-7,14-18H,3,8-13H2,1-2H3,(H,33,36)(H,30,31,32). The highest BCUT2D eigenvalue weighted by atomic mass is 19.1. The predicted molar refractivity (Wildman–Crippen MR) is 147 cm³/mol. The first kappa shape index (κ1) is 26.4. The number of nitrogens with zero attached hydrogens (tertiary/aromatic N) is 4. The summed E-state index contributed by atoms with van der Waals surface area (Å²) in [4.78, 5) is 24.0. The van der Waals surface area contributed by atoms with Crippen molar-refractivity contribution in [3.05, 3.63) is 66.5 Å². The fraction of sp³-hybridized carbons (Fsp3) is 0.321. The Morgan fingerprint density at radius 2 is 1.87 bits per heavy atom. The number of fused-ring (bicyclic) bond motifs is 1. The van der Waals surface area contributed by atoms with Gasteiger partial charge >= 0.3 is 0 Å². The van der Waals surface area contributed by atoms with Crippen LogP contribution in [0.4, 0.5) is 21.6 Å². The van der Waals surface area contributed by atoms with Crippen LogP contribution in [0.25, 0.3) is 10.9 Å². The highest BCUT2D eigenvalue weighted by Crippen LogP contribution is 2.35. The van der Waals surface area contributed by atoms with Crippen LogP contribution in [0.1, 0.15) is 16.9 Å². The normalized spacial score (nSPS) is 13.8. The molecule has 39 heavy (non-hydrogen) atoms. The number of carbonyl (C=O) groups is 1. The first-order valence-electron chi connectivity index (χ1n) is 12.8. The van der Waals surface area contributed by atoms with Gasteiger partial charge in [-0.3, -0.25) is 9.69 Å². The number of rotatable bonds is 10. The van der Waals surface area contributed by atoms with Gasteiger partial charge in [0.1, 0.15) is 23.7 Å². The number of halogens is 1. The molecule has 0 spiro atoms. The summed E-state index contributed by atoms with van der Waals surface area (Å²) in [7, 11) is 3.37. The lowest BCUT2D eigenvalue weighted by atomic mass is 10.2. The number of carbonyl (C=O) groups excluding carboxylic acids is 1. The first-order valence-corrected chi connectivity index (χ1v) is 12.8. The molecule has 0 bridgehead atoms. The Morgan fingerprint density at radius 3 is 2.64 bits per heavy atom. The van der Waals surface area contributed by atoms with Gasteiger partial charge in [0.15, 0.2) is 11.5 Å². The molecule has 1 aliphatic rings. The minimum absolute atomic E-state index is 0.318. The largest absolute Gasteiger partial charge is 0.493 e. The van der Waals surface area contributed by atoms with E-state index in [2.05, 4.69) is 25.5 Å². The number of ether oxygens (including phenoxy) is 3. The summed E-state index contributed by atoms with van der Waals surface area (Å²) in [6.07, 6.45) is 4.16. The van der Waals surface area contributed by atoms with E-state index in [1.807, 2.05) is 12.1 Å². The van der Waals surface area contributed by atoms with Crippen LogP contribution in [0.5, 0.6) is 11.5 Å². The Bertz CT molecular complexity index is 1440. The summed E-state index contributed by atoms with van der Waals surface area (Å²) >= 11 is 0. The maximum Gasteiger partial charge on any atom is 0.272 e. The zero-order valence-electron chi connectivity index (χ0n) is 21.9. The molecule has 204 valence electrons. The van der Waals surface area contributed by atoms with Crippen LogP contribution in [0.3, 0.4) is 0 Å². The molecular formula is C28H31FN6O4. The second kappa shape index (κ2) is 12.1. The van der Waals surface area contributed by atoms with Gasteiger partial charge in [0, 0.05) is 50.0 Å². The van der Waals surface area contributed by atoms with Gasteiger partial charge < -0.3 is 29.4 Å². The van der Waals surface area contributed by atoms with Gasteiger partial charge in [-0.25, -0.2) is 14.4 Å². The number of methoxy groups -OCH3 is 1. The molecule has 2 aromatic carbocycles. The zero-order valence-corrected chi connectivity index (χ0v) is 21.9. The third-order valence-electron chi connectivity index (χ3n) is 6.50. The molecule has 1 amide bonds. The third kappa shape index (κ3) is 6.44. The number of aryl methyl sites for hydroxylation is 1. The van der Waals surface area contributed by atoms with Gasteiger partial charge in [-0.1, -0.05) is 0 Å². The van der Waals surface area contributed by atoms with Crippen LogP contribution in [-0.2, 0) is 11.8 Å². The van der Waals surface area contributed by atoms with E-state index >= 15 is 0 Å². The van der Waals surface area contributed by atoms with E-state index in [1.165, 1.54) is 30.6 Å². The van der Waals surface area contributed by atoms with Crippen molar-refractivity contribution in [2.75, 3.05) is 57.2 Å². The van der Waals surface area contributed by atoms with E-state index < -0.39 is 0 Å². The minimum Gasteiger partial charge on any atom is -0.493 e. The lowest BCUT2D eigenvalue weighted by Crippen LogP contribution is -2.37. The second-order valence-electron chi connectivity index (χ2n) is 9.21. The third-order valence-corrected chi connectivity index (χ3v) is 6.50. The number of morpholine rings is 1. The predicted octanol–water partition coefficient (Wildman–Crippen LogP) is 4.21. The van der Waals surface area contributed by atoms with Gasteiger partial charge in [-0.2, -0.15) is 0 Å². The highest BCUT2D eigenvalue weighted by Gasteiger charge is 2.16. The Balaban J connectivity index is 1.28. The molecular weight excluding hydrogens is 503 g/mol. The Hall–Kier alpha value is -4.22. The van der Waals surface area contributed by atoms with E-state index in [4.69, 9.17) is 14.2 Å². The summed E-state index contributed by atoms with van der Waals surface area (Å²) in [6, 6.07) is 11.0. The second-order valence-corrected chi connectivity index (χ2v) is 9.21. The average molecular weight is 535 g/mol. The molecule has 0 saturated carbocycles. The lowest BCUT2D eigenvalue weighted by molar-refractivity contribution is 0.0357. The summed E-state index contributed by atoms with van der Waals surface area (Å²) in [5.74, 6) is 1.08. The number of nitrogens with one attached hydrogen (secondary N) is 2. The molecule has 4 aromatic rings. The molecule has 11 heteroatoms. The van der Waals surface area contributed by atoms with Gasteiger partial charge in [0.25, 0.3) is 5.91 Å². The van der Waals surface area contributed by atoms with Crippen molar-refractivity contribution >= 4 is 34.0 Å². The molecule has 0 radical (unpaired) electrons. The monoisotopic (exact) mass is 534 g/mol. The van der Waals surface area contributed by atoms with Crippen molar-refractivity contribution in [2.24, 2.45) is 7.05 Å². The van der Waals surface area contributed by atoms with Crippen LogP contribution in [0.15, 0.2) is 55.0 Å². The average Bonchev–Trinajstić information content (AvgIpc) is 3.32. The smallest absolute Gasteiger partial charge is 0.272 e. The van der Waals surface area contributed by atoms with E-state index in [9.17, 15) is 9.18 Å². The highest BCUT2D eigenvalue weighted by molar-refractivity contribution is 6.04. The number of hydrogen-bond acceptors (Lipinski definition) is 8. The molecule has 1 aliphatic heterocycles. The van der Waals surface area contributed by atoms with Crippen molar-refractivity contribution < 1.29 is 23.4 Å². The number of anilines is 3. The van der Waals surface area contributed by atoms with E-state index in [0.29, 0.717) is 46.5 Å². The fourth-order valence-electron chi connectivity index (χ4n) is 4.45. The molecule has 1 fully saturated rings. The molecule has 2 aromatic heterocycles. The number of hydrogen-bond donors (Lipinski definition) is 2. The fourth-order valence-corrected chi connectivity index (χ4v) is 4.45. The van der Waals surface area contributed by atoms with Crippen LogP contribution >= 0.6 is 0 Å². The van der Waals surface area contributed by atoms with Gasteiger partial charge in [0.05, 0.1) is 38.1 Å². The maximum absolute atomic E-state index is 13.2. The molecule has 10 nitrogen and oxygen atoms in total. The lowest BCUT2D eigenvalue weighted by Gasteiger charge is -2.26. The van der Waals surface area contributed by atoms with Crippen molar-refractivity contribution in [1.82, 2.24) is 19.4 Å². The zero-order chi connectivity index (χ0) is 27.2. The number of aromatic nitrogens is 3. The quantitative estimate of drug-likeness (QED) is 0.292. The summed E-state index contributed by atoms with van der Waals surface area (Å²) in [5.41, 5.74) is 2.29. The molecule has 2 N–H and O–H groups in total. The minimum atomic E-state index is -0.366. The van der Waals surface area contributed by atoms with Crippen LogP contribution in [0.2, 0.25) is 0 Å². The molecule has 0 unspecified atom stereocenters. The Kier molecular flexibility index (Phi) is 8.18. The van der Waals surface area contributed by atoms with Gasteiger partial charge in [-0.05, 0) is 42.8 Å². The summed E-state index contributed by atoms with van der Waals surface area (Å²) in [5, 5.41) is 6.80. The topological polar surface area (TPSA) is 103 Å². The summed E-state index contributed by atoms with van der Waals surface area (Å²) < 4.78 is 31.9. The molecule has 5 rings (SSSR count). The van der Waals surface area contributed by atoms with E-state index in [-0.39, 0.29) is 11.7 Å². The van der Waals surface area contributed by atoms with Crippen molar-refractivity contribution in [1.29, 1.82) is 0 Å². The van der Waals surface area contributed by atoms with E-state index in [0.717, 1.165) is 44.7 Å². The van der Waals surface area contributed by atoms with E-state index in [1.54, 1.807) is 31.0 Å². The van der Waals surface area contributed by atoms with Gasteiger partial charge in [0.2, 0.25) is 0 Å². The van der Waals surface area contributed by atoms with Crippen molar-refractivity contribution in [2.45, 2.75) is 6.42 Å². The van der Waals surface area contributed by atoms with Crippen LogP contribution in [0, 0.1) is 5.82 Å². The van der Waals surface area contributed by atoms with Crippen LogP contribution in [-0.4, -0.2) is 71.9 Å². The Morgan fingerprint density at radius 1 is 1.08 bits per heavy atom. The molecule has 0 aliphatic carbocycles. The van der Waals surface area contributed by atoms with Crippen molar-refractivity contribution in [3.63, 3.8) is 0 Å². The molecule has 3 heterocycles.